The molecule has 1 unspecified atom stereocenters. The highest BCUT2D eigenvalue weighted by molar-refractivity contribution is 6.16. The van der Waals surface area contributed by atoms with E-state index in [9.17, 15) is 14.4 Å². The molecule has 5 heteroatoms. The van der Waals surface area contributed by atoms with Gasteiger partial charge in [0.15, 0.2) is 5.78 Å². The monoisotopic (exact) mass is 240 g/mol. The Balaban J connectivity index is 2.82. The maximum atomic E-state index is 12.1. The fourth-order valence-corrected chi connectivity index (χ4v) is 2.30. The molecular formula is C12H20N2O3. The molecule has 1 saturated heterocycles. The molecule has 3 atom stereocenters. The van der Waals surface area contributed by atoms with Gasteiger partial charge in [-0.15, -0.1) is 0 Å². The average Bonchev–Trinajstić information content (AvgIpc) is 2.54. The van der Waals surface area contributed by atoms with Crippen LogP contribution in [0.3, 0.4) is 0 Å². The SMILES string of the molecule is CCC(CC)C(N)C(=O)[C@@H]1C(=O)NC(=O)[C@H]1C. The van der Waals surface area contributed by atoms with Gasteiger partial charge in [0.05, 0.1) is 12.0 Å². The molecule has 0 aromatic rings. The summed E-state index contributed by atoms with van der Waals surface area (Å²) in [4.78, 5) is 35.0. The number of hydrogen-bond donors (Lipinski definition) is 2. The summed E-state index contributed by atoms with van der Waals surface area (Å²) >= 11 is 0. The largest absolute Gasteiger partial charge is 0.321 e. The van der Waals surface area contributed by atoms with Crippen molar-refractivity contribution >= 4 is 17.6 Å². The van der Waals surface area contributed by atoms with Gasteiger partial charge in [-0.05, 0) is 5.92 Å². The molecule has 96 valence electrons. The third-order valence-electron chi connectivity index (χ3n) is 3.63. The van der Waals surface area contributed by atoms with Gasteiger partial charge in [-0.3, -0.25) is 19.7 Å². The van der Waals surface area contributed by atoms with Gasteiger partial charge in [-0.2, -0.15) is 0 Å². The fraction of sp³-hybridized carbons (Fsp3) is 0.750. The third kappa shape index (κ3) is 2.54. The molecule has 17 heavy (non-hydrogen) atoms. The molecule has 1 aliphatic rings. The Morgan fingerprint density at radius 1 is 1.29 bits per heavy atom. The van der Waals surface area contributed by atoms with Gasteiger partial charge in [0.2, 0.25) is 11.8 Å². The maximum Gasteiger partial charge on any atom is 0.238 e. The summed E-state index contributed by atoms with van der Waals surface area (Å²) in [5.74, 6) is -2.64. The number of ketones is 1. The molecule has 0 aromatic carbocycles. The molecule has 2 amide bonds. The number of Topliss-reactive ketones (excluding diaryl/α,β-unsaturated/α-hetero) is 1. The molecule has 3 N–H and O–H groups in total. The molecule has 5 nitrogen and oxygen atoms in total. The predicted molar refractivity (Wildman–Crippen MR) is 62.9 cm³/mol. The van der Waals surface area contributed by atoms with Crippen LogP contribution in [0.5, 0.6) is 0 Å². The van der Waals surface area contributed by atoms with Crippen LogP contribution in [0.4, 0.5) is 0 Å². The minimum Gasteiger partial charge on any atom is -0.321 e. The van der Waals surface area contributed by atoms with Crippen molar-refractivity contribution < 1.29 is 14.4 Å². The number of amides is 2. The first-order valence-corrected chi connectivity index (χ1v) is 6.08. The van der Waals surface area contributed by atoms with Gasteiger partial charge >= 0.3 is 0 Å². The second kappa shape index (κ2) is 5.40. The number of nitrogens with one attached hydrogen (secondary N) is 1. The first kappa shape index (κ1) is 13.8. The van der Waals surface area contributed by atoms with Gasteiger partial charge in [-0.25, -0.2) is 0 Å². The number of imide groups is 1. The van der Waals surface area contributed by atoms with Crippen molar-refractivity contribution in [3.05, 3.63) is 0 Å². The maximum absolute atomic E-state index is 12.1. The first-order valence-electron chi connectivity index (χ1n) is 6.08. The Hall–Kier alpha value is -1.23. The normalized spacial score (nSPS) is 26.2. The number of carbonyl (C=O) groups is 3. The van der Waals surface area contributed by atoms with Crippen molar-refractivity contribution in [2.45, 2.75) is 39.7 Å². The summed E-state index contributed by atoms with van der Waals surface area (Å²) in [6.45, 7) is 5.51. The van der Waals surface area contributed by atoms with E-state index in [0.29, 0.717) is 0 Å². The Morgan fingerprint density at radius 3 is 2.18 bits per heavy atom. The molecule has 1 aliphatic heterocycles. The Kier molecular flexibility index (Phi) is 4.40. The van der Waals surface area contributed by atoms with Crippen LogP contribution >= 0.6 is 0 Å². The molecule has 1 fully saturated rings. The van der Waals surface area contributed by atoms with Crippen LogP contribution in [-0.4, -0.2) is 23.6 Å². The standard InChI is InChI=1S/C12H20N2O3/c1-4-7(5-2)9(13)10(15)8-6(3)11(16)14-12(8)17/h6-9H,4-5,13H2,1-3H3,(H,14,16,17)/t6-,8+,9?/m0/s1. The summed E-state index contributed by atoms with van der Waals surface area (Å²) in [6.07, 6.45) is 1.58. The van der Waals surface area contributed by atoms with Crippen molar-refractivity contribution in [1.82, 2.24) is 5.32 Å². The average molecular weight is 240 g/mol. The summed E-state index contributed by atoms with van der Waals surface area (Å²) < 4.78 is 0. The Labute approximate surface area is 101 Å². The third-order valence-corrected chi connectivity index (χ3v) is 3.63. The van der Waals surface area contributed by atoms with Gasteiger partial charge in [0.1, 0.15) is 5.92 Å². The van der Waals surface area contributed by atoms with E-state index in [1.54, 1.807) is 6.92 Å². The van der Waals surface area contributed by atoms with E-state index in [-0.39, 0.29) is 17.6 Å². The molecule has 0 saturated carbocycles. The van der Waals surface area contributed by atoms with Crippen molar-refractivity contribution in [2.75, 3.05) is 0 Å². The number of hydrogen-bond acceptors (Lipinski definition) is 4. The predicted octanol–water partition coefficient (Wildman–Crippen LogP) is 0.228. The van der Waals surface area contributed by atoms with Crippen molar-refractivity contribution in [3.63, 3.8) is 0 Å². The highest BCUT2D eigenvalue weighted by Crippen LogP contribution is 2.24. The molecule has 0 spiro atoms. The zero-order valence-corrected chi connectivity index (χ0v) is 10.5. The lowest BCUT2D eigenvalue weighted by Crippen LogP contribution is -2.44. The first-order chi connectivity index (χ1) is 7.93. The highest BCUT2D eigenvalue weighted by atomic mass is 16.2. The van der Waals surface area contributed by atoms with Crippen LogP contribution in [0.1, 0.15) is 33.6 Å². The number of carbonyl (C=O) groups excluding carboxylic acids is 3. The smallest absolute Gasteiger partial charge is 0.238 e. The lowest BCUT2D eigenvalue weighted by atomic mass is 9.82. The van der Waals surface area contributed by atoms with E-state index in [1.165, 1.54) is 0 Å². The minimum absolute atomic E-state index is 0.0678. The summed E-state index contributed by atoms with van der Waals surface area (Å²) in [6, 6.07) is -0.658. The Morgan fingerprint density at radius 2 is 1.82 bits per heavy atom. The van der Waals surface area contributed by atoms with Crippen LogP contribution in [-0.2, 0) is 14.4 Å². The van der Waals surface area contributed by atoms with E-state index >= 15 is 0 Å². The van der Waals surface area contributed by atoms with Crippen molar-refractivity contribution in [2.24, 2.45) is 23.5 Å². The quantitative estimate of drug-likeness (QED) is 0.531. The second-order valence-corrected chi connectivity index (χ2v) is 4.62. The van der Waals surface area contributed by atoms with Crippen LogP contribution in [0.25, 0.3) is 0 Å². The van der Waals surface area contributed by atoms with E-state index in [4.69, 9.17) is 5.73 Å². The van der Waals surface area contributed by atoms with Crippen molar-refractivity contribution in [1.29, 1.82) is 0 Å². The van der Waals surface area contributed by atoms with Gasteiger partial charge in [-0.1, -0.05) is 33.6 Å². The van der Waals surface area contributed by atoms with Crippen LogP contribution in [0, 0.1) is 17.8 Å². The number of rotatable bonds is 5. The zero-order chi connectivity index (χ0) is 13.2. The van der Waals surface area contributed by atoms with E-state index in [1.807, 2.05) is 13.8 Å². The Bertz CT molecular complexity index is 337. The van der Waals surface area contributed by atoms with Gasteiger partial charge < -0.3 is 5.73 Å². The van der Waals surface area contributed by atoms with Crippen molar-refractivity contribution in [3.8, 4) is 0 Å². The molecular weight excluding hydrogens is 220 g/mol. The summed E-state index contributed by atoms with van der Waals surface area (Å²) in [5, 5.41) is 2.17. The van der Waals surface area contributed by atoms with E-state index in [2.05, 4.69) is 5.32 Å². The van der Waals surface area contributed by atoms with Crippen LogP contribution in [0.15, 0.2) is 0 Å². The lowest BCUT2D eigenvalue weighted by molar-refractivity contribution is -0.134. The zero-order valence-electron chi connectivity index (χ0n) is 10.5. The van der Waals surface area contributed by atoms with Crippen LogP contribution in [0.2, 0.25) is 0 Å². The highest BCUT2D eigenvalue weighted by Gasteiger charge is 2.45. The van der Waals surface area contributed by atoms with Gasteiger partial charge in [0, 0.05) is 0 Å². The molecule has 0 radical (unpaired) electrons. The molecule has 0 aromatic heterocycles. The topological polar surface area (TPSA) is 89.3 Å². The molecule has 1 heterocycles. The number of nitrogens with two attached hydrogens (primary N) is 1. The van der Waals surface area contributed by atoms with Gasteiger partial charge in [0.25, 0.3) is 0 Å². The molecule has 0 aliphatic carbocycles. The fourth-order valence-electron chi connectivity index (χ4n) is 2.30. The summed E-state index contributed by atoms with van der Waals surface area (Å²) in [5.41, 5.74) is 5.89. The van der Waals surface area contributed by atoms with Crippen LogP contribution < -0.4 is 11.1 Å². The minimum atomic E-state index is -0.905. The second-order valence-electron chi connectivity index (χ2n) is 4.62. The van der Waals surface area contributed by atoms with E-state index < -0.39 is 23.8 Å². The molecule has 0 bridgehead atoms. The lowest BCUT2D eigenvalue weighted by Gasteiger charge is -2.22. The summed E-state index contributed by atoms with van der Waals surface area (Å²) in [7, 11) is 0. The molecule has 1 rings (SSSR count). The van der Waals surface area contributed by atoms with E-state index in [0.717, 1.165) is 12.8 Å².